The van der Waals surface area contributed by atoms with E-state index in [1.807, 2.05) is 19.1 Å². The molecule has 3 aliphatic rings. The summed E-state index contributed by atoms with van der Waals surface area (Å²) >= 11 is 0. The summed E-state index contributed by atoms with van der Waals surface area (Å²) in [7, 11) is 0. The normalized spacial score (nSPS) is 33.0. The van der Waals surface area contributed by atoms with Crippen LogP contribution in [0.15, 0.2) is 78.6 Å². The van der Waals surface area contributed by atoms with E-state index in [0.717, 1.165) is 30.5 Å². The summed E-state index contributed by atoms with van der Waals surface area (Å²) in [5.74, 6) is 0.138. The number of phenols is 1. The predicted molar refractivity (Wildman–Crippen MR) is 140 cm³/mol. The predicted octanol–water partition coefficient (Wildman–Crippen LogP) is 4.70. The third-order valence-electron chi connectivity index (χ3n) is 8.88. The van der Waals surface area contributed by atoms with Gasteiger partial charge in [0.25, 0.3) is 0 Å². The zero-order valence-electron chi connectivity index (χ0n) is 21.3. The topological polar surface area (TPSA) is 105 Å². The van der Waals surface area contributed by atoms with Crippen LogP contribution in [-0.2, 0) is 9.53 Å². The molecule has 2 unspecified atom stereocenters. The molecule has 2 aliphatic carbocycles. The van der Waals surface area contributed by atoms with Gasteiger partial charge < -0.3 is 24.6 Å². The molecule has 2 aromatic rings. The van der Waals surface area contributed by atoms with Crippen molar-refractivity contribution < 1.29 is 24.9 Å². The molecule has 0 radical (unpaired) electrons. The van der Waals surface area contributed by atoms with Crippen molar-refractivity contribution in [2.45, 2.75) is 45.6 Å². The number of carbonyl (C=O) groups is 1. The summed E-state index contributed by atoms with van der Waals surface area (Å²) in [6, 6.07) is 5.24. The summed E-state index contributed by atoms with van der Waals surface area (Å²) in [5.41, 5.74) is 2.11. The first-order valence-electron chi connectivity index (χ1n) is 12.8. The highest BCUT2D eigenvalue weighted by Crippen LogP contribution is 2.61. The van der Waals surface area contributed by atoms with Gasteiger partial charge in [-0.3, -0.25) is 0 Å². The molecule has 2 heterocycles. The van der Waals surface area contributed by atoms with Gasteiger partial charge in [0.2, 0.25) is 0 Å². The van der Waals surface area contributed by atoms with Gasteiger partial charge in [0.15, 0.2) is 0 Å². The monoisotopic (exact) mass is 502 g/mol. The smallest absolute Gasteiger partial charge is 0.343 e. The number of ether oxygens (including phenoxy) is 1. The number of aliphatic hydroxyl groups is 2. The van der Waals surface area contributed by atoms with Crippen LogP contribution >= 0.6 is 0 Å². The molecule has 1 aromatic carbocycles. The number of carbonyl (C=O) groups excluding carboxylic acids is 1. The van der Waals surface area contributed by atoms with Crippen molar-refractivity contribution in [3.63, 3.8) is 0 Å². The van der Waals surface area contributed by atoms with E-state index >= 15 is 0 Å². The number of aromatic nitrogens is 2. The second kappa shape index (κ2) is 9.47. The zero-order chi connectivity index (χ0) is 26.4. The lowest BCUT2D eigenvalue weighted by atomic mass is 9.46. The number of phenolic OH excluding ortho intramolecular Hbond substituents is 1. The number of benzene rings is 1. The SMILES string of the molecule is C=C1CCC2[C@](C)(CC[C@H](O)[C@@]2(C)CO)C1/C=C/C1=CC(=C\c2ccc(-n3ccnc3)cc2O)/OC1=O. The number of imidazole rings is 1. The molecule has 0 bridgehead atoms. The summed E-state index contributed by atoms with van der Waals surface area (Å²) in [6.45, 7) is 8.49. The van der Waals surface area contributed by atoms with Crippen LogP contribution in [0.25, 0.3) is 11.8 Å². The Morgan fingerprint density at radius 3 is 2.81 bits per heavy atom. The lowest BCUT2D eigenvalue weighted by Gasteiger charge is -2.59. The highest BCUT2D eigenvalue weighted by molar-refractivity contribution is 5.96. The molecule has 1 aliphatic heterocycles. The van der Waals surface area contributed by atoms with Gasteiger partial charge in [0.05, 0.1) is 30.3 Å². The van der Waals surface area contributed by atoms with Crippen LogP contribution < -0.4 is 0 Å². The Balaban J connectivity index is 1.38. The maximum Gasteiger partial charge on any atom is 0.343 e. The summed E-state index contributed by atoms with van der Waals surface area (Å²) in [4.78, 5) is 16.7. The molecule has 7 nitrogen and oxygen atoms in total. The van der Waals surface area contributed by atoms with Gasteiger partial charge in [0, 0.05) is 35.4 Å². The quantitative estimate of drug-likeness (QED) is 0.404. The van der Waals surface area contributed by atoms with Crippen molar-refractivity contribution >= 4 is 12.0 Å². The number of hydrogen-bond donors (Lipinski definition) is 3. The van der Waals surface area contributed by atoms with E-state index in [4.69, 9.17) is 4.74 Å². The second-order valence-corrected chi connectivity index (χ2v) is 11.1. The fourth-order valence-electron chi connectivity index (χ4n) is 6.67. The lowest BCUT2D eigenvalue weighted by molar-refractivity contribution is -0.145. The van der Waals surface area contributed by atoms with E-state index in [1.165, 1.54) is 0 Å². The van der Waals surface area contributed by atoms with E-state index in [0.29, 0.717) is 23.3 Å². The average molecular weight is 503 g/mol. The van der Waals surface area contributed by atoms with Crippen molar-refractivity contribution in [2.24, 2.45) is 22.7 Å². The maximum atomic E-state index is 12.6. The zero-order valence-corrected chi connectivity index (χ0v) is 21.3. The molecule has 0 saturated heterocycles. The Hall–Kier alpha value is -3.42. The number of aliphatic hydroxyl groups excluding tert-OH is 2. The third kappa shape index (κ3) is 4.36. The van der Waals surface area contributed by atoms with Gasteiger partial charge in [-0.25, -0.2) is 9.78 Å². The van der Waals surface area contributed by atoms with Crippen LogP contribution in [0.5, 0.6) is 5.75 Å². The molecule has 37 heavy (non-hydrogen) atoms. The molecule has 2 fully saturated rings. The highest BCUT2D eigenvalue weighted by atomic mass is 16.5. The van der Waals surface area contributed by atoms with Crippen molar-refractivity contribution in [2.75, 3.05) is 6.61 Å². The minimum Gasteiger partial charge on any atom is -0.507 e. The first-order valence-corrected chi connectivity index (χ1v) is 12.8. The van der Waals surface area contributed by atoms with Crippen molar-refractivity contribution in [3.05, 3.63) is 84.2 Å². The number of hydrogen-bond acceptors (Lipinski definition) is 6. The van der Waals surface area contributed by atoms with Gasteiger partial charge in [0.1, 0.15) is 11.5 Å². The first-order chi connectivity index (χ1) is 17.7. The first kappa shape index (κ1) is 25.2. The number of aromatic hydroxyl groups is 1. The lowest BCUT2D eigenvalue weighted by Crippen LogP contribution is -2.57. The number of nitrogens with zero attached hydrogens (tertiary/aromatic N) is 2. The highest BCUT2D eigenvalue weighted by Gasteiger charge is 2.57. The van der Waals surface area contributed by atoms with Crippen LogP contribution in [0.4, 0.5) is 0 Å². The fourth-order valence-corrected chi connectivity index (χ4v) is 6.67. The van der Waals surface area contributed by atoms with Crippen LogP contribution in [0.2, 0.25) is 0 Å². The van der Waals surface area contributed by atoms with Crippen molar-refractivity contribution in [1.29, 1.82) is 0 Å². The van der Waals surface area contributed by atoms with Gasteiger partial charge in [-0.1, -0.05) is 38.2 Å². The number of cyclic esters (lactones) is 1. The Morgan fingerprint density at radius 1 is 1.30 bits per heavy atom. The molecule has 3 N–H and O–H groups in total. The number of allylic oxidation sites excluding steroid dienone is 3. The Morgan fingerprint density at radius 2 is 2.11 bits per heavy atom. The van der Waals surface area contributed by atoms with E-state index in [1.54, 1.807) is 53.6 Å². The van der Waals surface area contributed by atoms with E-state index in [9.17, 15) is 20.1 Å². The number of esters is 1. The van der Waals surface area contributed by atoms with Crippen LogP contribution in [-0.4, -0.2) is 43.6 Å². The van der Waals surface area contributed by atoms with Crippen LogP contribution in [0.1, 0.15) is 45.1 Å². The molecule has 194 valence electrons. The van der Waals surface area contributed by atoms with Gasteiger partial charge in [-0.05, 0) is 61.3 Å². The summed E-state index contributed by atoms with van der Waals surface area (Å²) < 4.78 is 7.25. The molecular formula is C30H34N2O5. The standard InChI is InChI=1S/C30H34N2O5/c1-19-4-9-26-29(2,11-10-27(35)30(26,3)17-33)24(19)8-6-21-15-23(37-28(21)36)14-20-5-7-22(16-25(20)34)32-13-12-31-18-32/h5-8,12-16,18,24,26-27,33-35H,1,4,9-11,17H2,2-3H3/b8-6+,23-14+/t24?,26?,27-,29+,30-/m0/s1. The van der Waals surface area contributed by atoms with Crippen LogP contribution in [0, 0.1) is 22.7 Å². The number of fused-ring (bicyclic) bond motifs is 1. The minimum atomic E-state index is -0.559. The Labute approximate surface area is 217 Å². The van der Waals surface area contributed by atoms with Gasteiger partial charge in [-0.2, -0.15) is 0 Å². The fraction of sp³-hybridized carbons (Fsp3) is 0.400. The molecule has 1 aromatic heterocycles. The molecule has 0 amide bonds. The van der Waals surface area contributed by atoms with Crippen LogP contribution in [0.3, 0.4) is 0 Å². The average Bonchev–Trinajstić information content (AvgIpc) is 3.53. The molecule has 2 saturated carbocycles. The second-order valence-electron chi connectivity index (χ2n) is 11.1. The summed E-state index contributed by atoms with van der Waals surface area (Å²) in [5, 5.41) is 31.4. The van der Waals surface area contributed by atoms with Gasteiger partial charge in [-0.15, -0.1) is 0 Å². The van der Waals surface area contributed by atoms with E-state index in [-0.39, 0.29) is 29.6 Å². The molecule has 7 heteroatoms. The summed E-state index contributed by atoms with van der Waals surface area (Å²) in [6.07, 6.45) is 14.9. The Kier molecular flexibility index (Phi) is 6.46. The largest absolute Gasteiger partial charge is 0.507 e. The molecular weight excluding hydrogens is 468 g/mol. The van der Waals surface area contributed by atoms with Crippen molar-refractivity contribution in [1.82, 2.24) is 9.55 Å². The maximum absolute atomic E-state index is 12.6. The number of rotatable bonds is 5. The van der Waals surface area contributed by atoms with Crippen molar-refractivity contribution in [3.8, 4) is 11.4 Å². The third-order valence-corrected chi connectivity index (χ3v) is 8.88. The minimum absolute atomic E-state index is 0.0196. The Bertz CT molecular complexity index is 1310. The molecule has 0 spiro atoms. The van der Waals surface area contributed by atoms with E-state index in [2.05, 4.69) is 18.5 Å². The van der Waals surface area contributed by atoms with E-state index < -0.39 is 17.5 Å². The van der Waals surface area contributed by atoms with Gasteiger partial charge >= 0.3 is 5.97 Å². The molecule has 5 atom stereocenters. The molecule has 5 rings (SSSR count).